The lowest BCUT2D eigenvalue weighted by Crippen LogP contribution is -2.60. The molecule has 0 aliphatic carbocycles. The number of rotatable bonds is 6. The van der Waals surface area contributed by atoms with E-state index >= 15 is 0 Å². The molecule has 0 saturated carbocycles. The lowest BCUT2D eigenvalue weighted by molar-refractivity contribution is -0.136. The molecule has 8 nitrogen and oxygen atoms in total. The van der Waals surface area contributed by atoms with Crippen LogP contribution in [0.2, 0.25) is 0 Å². The van der Waals surface area contributed by atoms with E-state index in [-0.39, 0.29) is 24.6 Å². The number of nitrogens with one attached hydrogen (secondary N) is 1. The summed E-state index contributed by atoms with van der Waals surface area (Å²) in [5, 5.41) is 2.22. The van der Waals surface area contributed by atoms with Gasteiger partial charge in [-0.3, -0.25) is 14.5 Å². The van der Waals surface area contributed by atoms with Gasteiger partial charge in [-0.15, -0.1) is 11.8 Å². The molecule has 2 heterocycles. The Kier molecular flexibility index (Phi) is 6.74. The number of amides is 4. The number of urea groups is 1. The largest absolute Gasteiger partial charge is 0.465 e. The Morgan fingerprint density at radius 2 is 1.71 bits per heavy atom. The van der Waals surface area contributed by atoms with Gasteiger partial charge in [-0.25, -0.2) is 9.59 Å². The molecule has 9 heteroatoms. The van der Waals surface area contributed by atoms with Gasteiger partial charge in [0, 0.05) is 0 Å². The predicted octanol–water partition coefficient (Wildman–Crippen LogP) is 3.86. The van der Waals surface area contributed by atoms with Gasteiger partial charge < -0.3 is 15.0 Å². The molecule has 2 aromatic carbocycles. The molecule has 1 fully saturated rings. The third kappa shape index (κ3) is 4.43. The highest BCUT2D eigenvalue weighted by Crippen LogP contribution is 2.46. The van der Waals surface area contributed by atoms with Crippen LogP contribution in [0.25, 0.3) is 0 Å². The van der Waals surface area contributed by atoms with Gasteiger partial charge >= 0.3 is 12.0 Å². The van der Waals surface area contributed by atoms with Crippen LogP contribution in [-0.2, 0) is 20.9 Å². The molecule has 0 radical (unpaired) electrons. The van der Waals surface area contributed by atoms with Crippen LogP contribution in [0.15, 0.2) is 65.1 Å². The number of fused-ring (bicyclic) bond motifs is 1. The number of hydrogen-bond donors (Lipinski definition) is 1. The fourth-order valence-electron chi connectivity index (χ4n) is 4.15. The molecule has 34 heavy (non-hydrogen) atoms. The fourth-order valence-corrected chi connectivity index (χ4v) is 5.57. The van der Waals surface area contributed by atoms with Gasteiger partial charge in [0.15, 0.2) is 0 Å². The predicted molar refractivity (Wildman–Crippen MR) is 129 cm³/mol. The number of anilines is 1. The summed E-state index contributed by atoms with van der Waals surface area (Å²) in [6.07, 6.45) is 0. The number of carbonyl (C=O) groups excluding carboxylic acids is 4. The average molecular weight is 480 g/mol. The Morgan fingerprint density at radius 1 is 1.03 bits per heavy atom. The van der Waals surface area contributed by atoms with Crippen LogP contribution in [0.5, 0.6) is 0 Å². The monoisotopic (exact) mass is 479 g/mol. The molecule has 4 rings (SSSR count). The van der Waals surface area contributed by atoms with Crippen LogP contribution < -0.4 is 5.32 Å². The first-order valence-electron chi connectivity index (χ1n) is 10.8. The number of imide groups is 1. The van der Waals surface area contributed by atoms with E-state index in [0.29, 0.717) is 5.69 Å². The fraction of sp³-hybridized carbons (Fsp3) is 0.280. The highest BCUT2D eigenvalue weighted by molar-refractivity contribution is 8.03. The zero-order valence-electron chi connectivity index (χ0n) is 19.1. The number of allylic oxidation sites excluding steroid dienone is 1. The van der Waals surface area contributed by atoms with Crippen LogP contribution >= 0.6 is 11.8 Å². The quantitative estimate of drug-likeness (QED) is 0.632. The normalized spacial score (nSPS) is 19.9. The molecule has 1 N–H and O–H groups in total. The van der Waals surface area contributed by atoms with Crippen molar-refractivity contribution >= 4 is 41.3 Å². The molecule has 2 aliphatic rings. The van der Waals surface area contributed by atoms with Crippen molar-refractivity contribution in [2.45, 2.75) is 25.8 Å². The highest BCUT2D eigenvalue weighted by atomic mass is 32.2. The molecule has 4 amide bonds. The molecule has 176 valence electrons. The summed E-state index contributed by atoms with van der Waals surface area (Å²) in [4.78, 5) is 55.5. The highest BCUT2D eigenvalue weighted by Gasteiger charge is 2.51. The molecule has 0 bridgehead atoms. The van der Waals surface area contributed by atoms with E-state index in [0.717, 1.165) is 16.0 Å². The molecular weight excluding hydrogens is 454 g/mol. The zero-order chi connectivity index (χ0) is 24.4. The van der Waals surface area contributed by atoms with Crippen LogP contribution in [0.3, 0.4) is 0 Å². The van der Waals surface area contributed by atoms with Crippen LogP contribution in [0.1, 0.15) is 29.8 Å². The summed E-state index contributed by atoms with van der Waals surface area (Å²) in [5.41, 5.74) is 2.24. The first-order chi connectivity index (χ1) is 16.3. The zero-order valence-corrected chi connectivity index (χ0v) is 19.9. The number of para-hydroxylation sites is 1. The summed E-state index contributed by atoms with van der Waals surface area (Å²) in [6, 6.07) is 15.3. The summed E-state index contributed by atoms with van der Waals surface area (Å²) in [5.74, 6) is -1.82. The van der Waals surface area contributed by atoms with E-state index in [1.165, 1.54) is 28.7 Å². The van der Waals surface area contributed by atoms with E-state index in [2.05, 4.69) is 5.32 Å². The molecule has 1 saturated heterocycles. The molecule has 0 spiro atoms. The van der Waals surface area contributed by atoms with Gasteiger partial charge in [0.25, 0.3) is 0 Å². The first-order valence-corrected chi connectivity index (χ1v) is 11.7. The average Bonchev–Trinajstić information content (AvgIpc) is 3.14. The second kappa shape index (κ2) is 9.72. The lowest BCUT2D eigenvalue weighted by Gasteiger charge is -2.41. The lowest BCUT2D eigenvalue weighted by atomic mass is 9.95. The Labute approximate surface area is 201 Å². The van der Waals surface area contributed by atoms with Crippen LogP contribution in [0.4, 0.5) is 10.5 Å². The number of esters is 1. The Balaban J connectivity index is 1.59. The van der Waals surface area contributed by atoms with Crippen molar-refractivity contribution in [3.05, 3.63) is 76.2 Å². The minimum atomic E-state index is -0.577. The summed E-state index contributed by atoms with van der Waals surface area (Å²) in [7, 11) is 1.26. The topological polar surface area (TPSA) is 96.0 Å². The first kappa shape index (κ1) is 23.6. The van der Waals surface area contributed by atoms with Crippen LogP contribution in [-0.4, -0.2) is 52.6 Å². The molecule has 0 aromatic heterocycles. The SMILES string of the molecule is COC(=O)c1ccccc1NC(=O)CN1C(=O)N(Cc2ccccc2)C(=O)C2C(C)=C(C)SC21. The van der Waals surface area contributed by atoms with Crippen LogP contribution in [0, 0.1) is 5.92 Å². The Bertz CT molecular complexity index is 1180. The van der Waals surface area contributed by atoms with Gasteiger partial charge in [0.2, 0.25) is 11.8 Å². The van der Waals surface area contributed by atoms with Gasteiger partial charge in [-0.05, 0) is 42.0 Å². The second-order valence-electron chi connectivity index (χ2n) is 8.13. The van der Waals surface area contributed by atoms with Crippen molar-refractivity contribution in [1.82, 2.24) is 9.80 Å². The number of hydrogen-bond acceptors (Lipinski definition) is 6. The van der Waals surface area contributed by atoms with E-state index in [1.54, 1.807) is 24.3 Å². The van der Waals surface area contributed by atoms with Crippen molar-refractivity contribution in [3.8, 4) is 0 Å². The maximum atomic E-state index is 13.5. The number of methoxy groups -OCH3 is 1. The third-order valence-corrected chi connectivity index (χ3v) is 7.47. The summed E-state index contributed by atoms with van der Waals surface area (Å²) < 4.78 is 4.78. The number of nitrogens with zero attached hydrogens (tertiary/aromatic N) is 2. The van der Waals surface area contributed by atoms with Crippen molar-refractivity contribution in [3.63, 3.8) is 0 Å². The van der Waals surface area contributed by atoms with Gasteiger partial charge in [-0.1, -0.05) is 42.5 Å². The van der Waals surface area contributed by atoms with E-state index < -0.39 is 29.2 Å². The third-order valence-electron chi connectivity index (χ3n) is 6.02. The van der Waals surface area contributed by atoms with Crippen molar-refractivity contribution in [2.75, 3.05) is 19.0 Å². The molecule has 2 aliphatic heterocycles. The van der Waals surface area contributed by atoms with Crippen molar-refractivity contribution < 1.29 is 23.9 Å². The smallest absolute Gasteiger partial charge is 0.339 e. The molecular formula is C25H25N3O5S. The number of thioether (sulfide) groups is 1. The number of ether oxygens (including phenoxy) is 1. The van der Waals surface area contributed by atoms with Crippen molar-refractivity contribution in [2.24, 2.45) is 5.92 Å². The Morgan fingerprint density at radius 3 is 2.41 bits per heavy atom. The van der Waals surface area contributed by atoms with Gasteiger partial charge in [-0.2, -0.15) is 0 Å². The van der Waals surface area contributed by atoms with E-state index in [1.807, 2.05) is 44.2 Å². The van der Waals surface area contributed by atoms with E-state index in [9.17, 15) is 19.2 Å². The molecule has 2 unspecified atom stereocenters. The Hall–Kier alpha value is -3.59. The minimum absolute atomic E-state index is 0.127. The minimum Gasteiger partial charge on any atom is -0.465 e. The maximum absolute atomic E-state index is 13.5. The van der Waals surface area contributed by atoms with Crippen molar-refractivity contribution in [1.29, 1.82) is 0 Å². The molecule has 2 aromatic rings. The maximum Gasteiger partial charge on any atom is 0.339 e. The van der Waals surface area contributed by atoms with Gasteiger partial charge in [0.1, 0.15) is 6.54 Å². The number of carbonyl (C=O) groups is 4. The van der Waals surface area contributed by atoms with Gasteiger partial charge in [0.05, 0.1) is 36.2 Å². The number of benzene rings is 2. The summed E-state index contributed by atoms with van der Waals surface area (Å²) >= 11 is 1.42. The summed E-state index contributed by atoms with van der Waals surface area (Å²) in [6.45, 7) is 3.68. The molecule has 2 atom stereocenters. The second-order valence-corrected chi connectivity index (χ2v) is 9.46. The standard InChI is InChI=1S/C25H25N3O5S/c1-15-16(2)34-23-21(15)22(30)27(13-17-9-5-4-6-10-17)25(32)28(23)14-20(29)26-19-12-8-7-11-18(19)24(31)33-3/h4-12,21,23H,13-14H2,1-3H3,(H,26,29). The van der Waals surface area contributed by atoms with E-state index in [4.69, 9.17) is 4.74 Å².